The fourth-order valence-electron chi connectivity index (χ4n) is 1.91. The van der Waals surface area contributed by atoms with Gasteiger partial charge < -0.3 is 5.32 Å². The highest BCUT2D eigenvalue weighted by Crippen LogP contribution is 2.30. The van der Waals surface area contributed by atoms with E-state index in [0.717, 1.165) is 23.2 Å². The van der Waals surface area contributed by atoms with E-state index in [4.69, 9.17) is 0 Å². The van der Waals surface area contributed by atoms with Crippen molar-refractivity contribution in [2.45, 2.75) is 25.1 Å². The summed E-state index contributed by atoms with van der Waals surface area (Å²) < 4.78 is 37.7. The van der Waals surface area contributed by atoms with Gasteiger partial charge in [0.1, 0.15) is 11.9 Å². The second-order valence-electron chi connectivity index (χ2n) is 4.45. The Hall–Kier alpha value is -2.12. The zero-order chi connectivity index (χ0) is 14.9. The summed E-state index contributed by atoms with van der Waals surface area (Å²) in [5.41, 5.74) is -0.845. The summed E-state index contributed by atoms with van der Waals surface area (Å²) in [5, 5.41) is 2.64. The van der Waals surface area contributed by atoms with Crippen LogP contribution in [0.15, 0.2) is 18.3 Å². The van der Waals surface area contributed by atoms with Crippen molar-refractivity contribution in [1.29, 1.82) is 0 Å². The fraction of sp³-hybridized carbons (Fsp3) is 0.417. The number of aromatic nitrogens is 1. The number of carbonyl (C=O) groups is 2. The van der Waals surface area contributed by atoms with Crippen LogP contribution >= 0.6 is 0 Å². The van der Waals surface area contributed by atoms with Gasteiger partial charge in [0.25, 0.3) is 5.91 Å². The third-order valence-electron chi connectivity index (χ3n) is 3.06. The molecule has 1 aromatic heterocycles. The molecule has 1 aliphatic rings. The van der Waals surface area contributed by atoms with E-state index >= 15 is 0 Å². The highest BCUT2D eigenvalue weighted by atomic mass is 19.4. The van der Waals surface area contributed by atoms with Crippen molar-refractivity contribution >= 4 is 17.6 Å². The molecule has 8 heteroatoms. The van der Waals surface area contributed by atoms with E-state index in [9.17, 15) is 22.8 Å². The van der Waals surface area contributed by atoms with Crippen LogP contribution in [0.5, 0.6) is 0 Å². The van der Waals surface area contributed by atoms with Gasteiger partial charge in [-0.3, -0.25) is 14.5 Å². The maximum absolute atomic E-state index is 12.6. The van der Waals surface area contributed by atoms with Crippen LogP contribution in [0.3, 0.4) is 0 Å². The van der Waals surface area contributed by atoms with Crippen LogP contribution < -0.4 is 5.32 Å². The molecule has 1 atom stereocenters. The van der Waals surface area contributed by atoms with Crippen molar-refractivity contribution in [3.63, 3.8) is 0 Å². The van der Waals surface area contributed by atoms with Crippen LogP contribution in [0.4, 0.5) is 19.0 Å². The normalized spacial score (nSPS) is 20.2. The first kappa shape index (κ1) is 14.3. The Labute approximate surface area is 112 Å². The lowest BCUT2D eigenvalue weighted by Gasteiger charge is -2.28. The molecule has 20 heavy (non-hydrogen) atoms. The van der Waals surface area contributed by atoms with Crippen LogP contribution in [0.1, 0.15) is 18.4 Å². The van der Waals surface area contributed by atoms with Crippen molar-refractivity contribution in [3.05, 3.63) is 23.9 Å². The molecule has 0 aromatic carbocycles. The standard InChI is InChI=1S/C12H12F3N3O2/c1-18-10(19)3-2-8(11(18)20)17-9-6-7(4-5-16-9)12(13,14)15/h4-6,8H,2-3H2,1H3,(H,16,17). The average Bonchev–Trinajstić information content (AvgIpc) is 2.39. The number of pyridine rings is 1. The van der Waals surface area contributed by atoms with Crippen LogP contribution in [-0.2, 0) is 15.8 Å². The van der Waals surface area contributed by atoms with Gasteiger partial charge in [-0.25, -0.2) is 4.98 Å². The van der Waals surface area contributed by atoms with Gasteiger partial charge in [-0.05, 0) is 18.6 Å². The van der Waals surface area contributed by atoms with E-state index in [1.54, 1.807) is 0 Å². The Balaban J connectivity index is 2.15. The lowest BCUT2D eigenvalue weighted by atomic mass is 10.0. The molecule has 2 amide bonds. The molecule has 2 rings (SSSR count). The van der Waals surface area contributed by atoms with Crippen molar-refractivity contribution in [2.75, 3.05) is 12.4 Å². The molecule has 0 saturated carbocycles. The van der Waals surface area contributed by atoms with E-state index in [1.807, 2.05) is 0 Å². The van der Waals surface area contributed by atoms with Gasteiger partial charge in [-0.1, -0.05) is 0 Å². The number of imide groups is 1. The fourth-order valence-corrected chi connectivity index (χ4v) is 1.91. The molecule has 5 nitrogen and oxygen atoms in total. The molecule has 0 spiro atoms. The molecule has 2 heterocycles. The molecule has 108 valence electrons. The Kier molecular flexibility index (Phi) is 3.65. The smallest absolute Gasteiger partial charge is 0.358 e. The lowest BCUT2D eigenvalue weighted by molar-refractivity contribution is -0.146. The van der Waals surface area contributed by atoms with Gasteiger partial charge in [-0.2, -0.15) is 13.2 Å². The molecular weight excluding hydrogens is 275 g/mol. The van der Waals surface area contributed by atoms with Crippen molar-refractivity contribution < 1.29 is 22.8 Å². The summed E-state index contributed by atoms with van der Waals surface area (Å²) in [7, 11) is 1.35. The second-order valence-corrected chi connectivity index (χ2v) is 4.45. The Morgan fingerprint density at radius 3 is 2.75 bits per heavy atom. The molecule has 1 saturated heterocycles. The molecule has 1 aliphatic heterocycles. The minimum Gasteiger partial charge on any atom is -0.358 e. The largest absolute Gasteiger partial charge is 0.416 e. The van der Waals surface area contributed by atoms with Crippen molar-refractivity contribution in [2.24, 2.45) is 0 Å². The third kappa shape index (κ3) is 2.89. The first-order chi connectivity index (χ1) is 9.29. The van der Waals surface area contributed by atoms with Crippen molar-refractivity contribution in [1.82, 2.24) is 9.88 Å². The van der Waals surface area contributed by atoms with Crippen molar-refractivity contribution in [3.8, 4) is 0 Å². The maximum Gasteiger partial charge on any atom is 0.416 e. The molecule has 1 N–H and O–H groups in total. The molecular formula is C12H12F3N3O2. The van der Waals surface area contributed by atoms with Gasteiger partial charge >= 0.3 is 6.18 Å². The Bertz CT molecular complexity index is 545. The number of piperidine rings is 1. The predicted molar refractivity (Wildman–Crippen MR) is 63.7 cm³/mol. The van der Waals surface area contributed by atoms with E-state index in [2.05, 4.69) is 10.3 Å². The number of hydrogen-bond acceptors (Lipinski definition) is 4. The summed E-state index contributed by atoms with van der Waals surface area (Å²) in [6, 6.07) is 0.946. The number of carbonyl (C=O) groups excluding carboxylic acids is 2. The topological polar surface area (TPSA) is 62.3 Å². The van der Waals surface area contributed by atoms with Crippen LogP contribution in [0.2, 0.25) is 0 Å². The number of rotatable bonds is 2. The summed E-state index contributed by atoms with van der Waals surface area (Å²) in [5.74, 6) is -0.813. The number of likely N-dealkylation sites (N-methyl/N-ethyl adjacent to an activating group) is 1. The summed E-state index contributed by atoms with van der Waals surface area (Å²) in [4.78, 5) is 27.8. The third-order valence-corrected chi connectivity index (χ3v) is 3.06. The summed E-state index contributed by atoms with van der Waals surface area (Å²) >= 11 is 0. The highest BCUT2D eigenvalue weighted by molar-refractivity contribution is 6.01. The van der Waals surface area contributed by atoms with Gasteiger partial charge in [0.2, 0.25) is 5.91 Å². The second kappa shape index (κ2) is 5.10. The SMILES string of the molecule is CN1C(=O)CCC(Nc2cc(C(F)(F)F)ccn2)C1=O. The molecule has 0 aliphatic carbocycles. The lowest BCUT2D eigenvalue weighted by Crippen LogP contribution is -2.48. The maximum atomic E-state index is 12.6. The number of hydrogen-bond donors (Lipinski definition) is 1. The van der Waals surface area contributed by atoms with Gasteiger partial charge in [-0.15, -0.1) is 0 Å². The predicted octanol–water partition coefficient (Wildman–Crippen LogP) is 1.66. The van der Waals surface area contributed by atoms with E-state index in [-0.39, 0.29) is 24.6 Å². The van der Waals surface area contributed by atoms with E-state index in [0.29, 0.717) is 0 Å². The Morgan fingerprint density at radius 2 is 2.10 bits per heavy atom. The van der Waals surface area contributed by atoms with Gasteiger partial charge in [0.15, 0.2) is 0 Å². The number of likely N-dealkylation sites (tertiary alicyclic amines) is 1. The molecule has 0 radical (unpaired) electrons. The number of anilines is 1. The van der Waals surface area contributed by atoms with E-state index in [1.165, 1.54) is 7.05 Å². The van der Waals surface area contributed by atoms with Crippen LogP contribution in [-0.4, -0.2) is 34.8 Å². The average molecular weight is 287 g/mol. The highest BCUT2D eigenvalue weighted by Gasteiger charge is 2.33. The van der Waals surface area contributed by atoms with Crippen LogP contribution in [0.25, 0.3) is 0 Å². The number of amides is 2. The van der Waals surface area contributed by atoms with Crippen LogP contribution in [0, 0.1) is 0 Å². The molecule has 0 bridgehead atoms. The van der Waals surface area contributed by atoms with Gasteiger partial charge in [0, 0.05) is 19.7 Å². The minimum atomic E-state index is -4.47. The quantitative estimate of drug-likeness (QED) is 0.840. The minimum absolute atomic E-state index is 0.0408. The number of alkyl halides is 3. The summed E-state index contributed by atoms with van der Waals surface area (Å²) in [6.07, 6.45) is -3.05. The van der Waals surface area contributed by atoms with E-state index < -0.39 is 23.7 Å². The Morgan fingerprint density at radius 1 is 1.40 bits per heavy atom. The molecule has 1 fully saturated rings. The number of nitrogens with one attached hydrogen (secondary N) is 1. The first-order valence-corrected chi connectivity index (χ1v) is 5.89. The monoisotopic (exact) mass is 287 g/mol. The molecule has 1 aromatic rings. The zero-order valence-corrected chi connectivity index (χ0v) is 10.6. The molecule has 1 unspecified atom stereocenters. The van der Waals surface area contributed by atoms with Gasteiger partial charge in [0.05, 0.1) is 5.56 Å². The number of nitrogens with zero attached hydrogens (tertiary/aromatic N) is 2. The zero-order valence-electron chi connectivity index (χ0n) is 10.6. The first-order valence-electron chi connectivity index (χ1n) is 5.89. The number of halogens is 3. The summed E-state index contributed by atoms with van der Waals surface area (Å²) in [6.45, 7) is 0.